The van der Waals surface area contributed by atoms with Crippen molar-refractivity contribution in [1.29, 1.82) is 0 Å². The van der Waals surface area contributed by atoms with Crippen LogP contribution in [0.4, 0.5) is 0 Å². The minimum absolute atomic E-state index is 0.417. The van der Waals surface area contributed by atoms with Gasteiger partial charge in [0.15, 0.2) is 0 Å². The van der Waals surface area contributed by atoms with Crippen LogP contribution in [-0.2, 0) is 0 Å². The maximum atomic E-state index is 9.38. The minimum atomic E-state index is -0.417. The van der Waals surface area contributed by atoms with Crippen molar-refractivity contribution in [1.82, 2.24) is 0 Å². The Morgan fingerprint density at radius 2 is 2.29 bits per heavy atom. The number of ether oxygens (including phenoxy) is 1. The fraction of sp³-hybridized carbons (Fsp3) is 0.500. The van der Waals surface area contributed by atoms with Crippen LogP contribution in [0.1, 0.15) is 31.4 Å². The quantitative estimate of drug-likeness (QED) is 0.794. The summed E-state index contributed by atoms with van der Waals surface area (Å²) in [6.45, 7) is 2.59. The zero-order valence-corrected chi connectivity index (χ0v) is 8.44. The molecule has 0 amide bonds. The Labute approximate surface area is 84.5 Å². The smallest absolute Gasteiger partial charge is 0.119 e. The number of aliphatic hydroxyl groups excluding tert-OH is 1. The van der Waals surface area contributed by atoms with Gasteiger partial charge in [0.2, 0.25) is 0 Å². The lowest BCUT2D eigenvalue weighted by Crippen LogP contribution is -2.00. The second-order valence-corrected chi connectivity index (χ2v) is 4.00. The predicted molar refractivity (Wildman–Crippen MR) is 55.3 cm³/mol. The molecule has 2 nitrogen and oxygen atoms in total. The normalized spacial score (nSPS) is 17.9. The molecule has 1 saturated carbocycles. The van der Waals surface area contributed by atoms with E-state index in [1.165, 1.54) is 12.8 Å². The summed E-state index contributed by atoms with van der Waals surface area (Å²) in [5.41, 5.74) is 0.915. The summed E-state index contributed by atoms with van der Waals surface area (Å²) in [7, 11) is 0. The molecule has 76 valence electrons. The molecule has 1 aliphatic carbocycles. The lowest BCUT2D eigenvalue weighted by molar-refractivity contribution is 0.198. The van der Waals surface area contributed by atoms with E-state index in [4.69, 9.17) is 4.74 Å². The zero-order valence-electron chi connectivity index (χ0n) is 8.44. The Morgan fingerprint density at radius 3 is 2.93 bits per heavy atom. The first-order valence-corrected chi connectivity index (χ1v) is 5.16. The molecule has 0 heterocycles. The van der Waals surface area contributed by atoms with Gasteiger partial charge in [0.1, 0.15) is 5.75 Å². The summed E-state index contributed by atoms with van der Waals surface area (Å²) in [6, 6.07) is 7.68. The Morgan fingerprint density at radius 1 is 1.50 bits per heavy atom. The molecule has 1 fully saturated rings. The molecule has 0 spiro atoms. The van der Waals surface area contributed by atoms with Crippen molar-refractivity contribution in [3.63, 3.8) is 0 Å². The van der Waals surface area contributed by atoms with E-state index in [9.17, 15) is 5.11 Å². The lowest BCUT2D eigenvalue weighted by Gasteiger charge is -2.08. The van der Waals surface area contributed by atoms with Crippen LogP contribution in [0, 0.1) is 5.92 Å². The van der Waals surface area contributed by atoms with Gasteiger partial charge < -0.3 is 9.84 Å². The Kier molecular flexibility index (Phi) is 2.73. The van der Waals surface area contributed by atoms with Crippen molar-refractivity contribution in [2.45, 2.75) is 25.9 Å². The molecule has 1 unspecified atom stereocenters. The number of hydrogen-bond acceptors (Lipinski definition) is 2. The average Bonchev–Trinajstić information content (AvgIpc) is 2.99. The van der Waals surface area contributed by atoms with Crippen molar-refractivity contribution in [2.24, 2.45) is 5.92 Å². The highest BCUT2D eigenvalue weighted by atomic mass is 16.5. The van der Waals surface area contributed by atoms with E-state index in [2.05, 4.69) is 0 Å². The maximum absolute atomic E-state index is 9.38. The molecule has 0 aromatic heterocycles. The number of rotatable bonds is 4. The van der Waals surface area contributed by atoms with E-state index in [0.717, 1.165) is 23.8 Å². The van der Waals surface area contributed by atoms with Gasteiger partial charge >= 0.3 is 0 Å². The van der Waals surface area contributed by atoms with Crippen LogP contribution in [0.15, 0.2) is 24.3 Å². The summed E-state index contributed by atoms with van der Waals surface area (Å²) in [6.07, 6.45) is 2.19. The molecule has 1 atom stereocenters. The SMILES string of the molecule is CC(O)c1cccc(OCC2CC2)c1. The molecule has 1 aromatic rings. The molecule has 0 radical (unpaired) electrons. The summed E-state index contributed by atoms with van der Waals surface area (Å²) in [5.74, 6) is 1.64. The number of aliphatic hydroxyl groups is 1. The Balaban J connectivity index is 1.97. The van der Waals surface area contributed by atoms with Crippen LogP contribution in [0.2, 0.25) is 0 Å². The third kappa shape index (κ3) is 2.48. The molecular formula is C12H16O2. The molecule has 0 saturated heterocycles. The fourth-order valence-corrected chi connectivity index (χ4v) is 1.36. The lowest BCUT2D eigenvalue weighted by atomic mass is 10.1. The van der Waals surface area contributed by atoms with Crippen molar-refractivity contribution in [3.05, 3.63) is 29.8 Å². The summed E-state index contributed by atoms with van der Waals surface area (Å²) in [4.78, 5) is 0. The molecule has 14 heavy (non-hydrogen) atoms. The molecule has 2 rings (SSSR count). The third-order valence-electron chi connectivity index (χ3n) is 2.52. The van der Waals surface area contributed by atoms with Crippen LogP contribution >= 0.6 is 0 Å². The second kappa shape index (κ2) is 4.01. The Hall–Kier alpha value is -1.02. The van der Waals surface area contributed by atoms with Gasteiger partial charge in [0, 0.05) is 0 Å². The molecule has 0 bridgehead atoms. The molecule has 1 aromatic carbocycles. The van der Waals surface area contributed by atoms with E-state index in [1.807, 2.05) is 24.3 Å². The maximum Gasteiger partial charge on any atom is 0.119 e. The van der Waals surface area contributed by atoms with E-state index in [0.29, 0.717) is 0 Å². The standard InChI is InChI=1S/C12H16O2/c1-9(13)11-3-2-4-12(7-11)14-8-10-5-6-10/h2-4,7,9-10,13H,5-6,8H2,1H3. The number of hydrogen-bond donors (Lipinski definition) is 1. The van der Waals surface area contributed by atoms with Gasteiger partial charge in [-0.25, -0.2) is 0 Å². The van der Waals surface area contributed by atoms with Crippen LogP contribution in [-0.4, -0.2) is 11.7 Å². The van der Waals surface area contributed by atoms with Gasteiger partial charge in [-0.05, 0) is 43.4 Å². The van der Waals surface area contributed by atoms with Crippen molar-refractivity contribution in [3.8, 4) is 5.75 Å². The minimum Gasteiger partial charge on any atom is -0.493 e. The molecule has 2 heteroatoms. The monoisotopic (exact) mass is 192 g/mol. The first-order chi connectivity index (χ1) is 6.75. The van der Waals surface area contributed by atoms with Gasteiger partial charge in [0.05, 0.1) is 12.7 Å². The molecule has 1 aliphatic rings. The first kappa shape index (κ1) is 9.53. The highest BCUT2D eigenvalue weighted by molar-refractivity contribution is 5.29. The van der Waals surface area contributed by atoms with Gasteiger partial charge in [-0.15, -0.1) is 0 Å². The fourth-order valence-electron chi connectivity index (χ4n) is 1.36. The topological polar surface area (TPSA) is 29.5 Å². The molecule has 0 aliphatic heterocycles. The highest BCUT2D eigenvalue weighted by Gasteiger charge is 2.21. The average molecular weight is 192 g/mol. The van der Waals surface area contributed by atoms with Gasteiger partial charge in [-0.3, -0.25) is 0 Å². The Bertz CT molecular complexity index is 303. The van der Waals surface area contributed by atoms with Crippen LogP contribution < -0.4 is 4.74 Å². The number of benzene rings is 1. The first-order valence-electron chi connectivity index (χ1n) is 5.16. The van der Waals surface area contributed by atoms with E-state index >= 15 is 0 Å². The summed E-state index contributed by atoms with van der Waals surface area (Å²) >= 11 is 0. The van der Waals surface area contributed by atoms with E-state index < -0.39 is 6.10 Å². The van der Waals surface area contributed by atoms with Crippen LogP contribution in [0.3, 0.4) is 0 Å². The zero-order chi connectivity index (χ0) is 9.97. The van der Waals surface area contributed by atoms with Crippen molar-refractivity contribution < 1.29 is 9.84 Å². The molecule has 1 N–H and O–H groups in total. The second-order valence-electron chi connectivity index (χ2n) is 4.00. The van der Waals surface area contributed by atoms with Crippen LogP contribution in [0.25, 0.3) is 0 Å². The van der Waals surface area contributed by atoms with Gasteiger partial charge in [-0.1, -0.05) is 12.1 Å². The molecular weight excluding hydrogens is 176 g/mol. The summed E-state index contributed by atoms with van der Waals surface area (Å²) in [5, 5.41) is 9.38. The summed E-state index contributed by atoms with van der Waals surface area (Å²) < 4.78 is 5.61. The van der Waals surface area contributed by atoms with Crippen LogP contribution in [0.5, 0.6) is 5.75 Å². The largest absolute Gasteiger partial charge is 0.493 e. The van der Waals surface area contributed by atoms with Gasteiger partial charge in [-0.2, -0.15) is 0 Å². The third-order valence-corrected chi connectivity index (χ3v) is 2.52. The van der Waals surface area contributed by atoms with E-state index in [-0.39, 0.29) is 0 Å². The van der Waals surface area contributed by atoms with Crippen molar-refractivity contribution in [2.75, 3.05) is 6.61 Å². The predicted octanol–water partition coefficient (Wildman–Crippen LogP) is 2.53. The van der Waals surface area contributed by atoms with Gasteiger partial charge in [0.25, 0.3) is 0 Å². The highest BCUT2D eigenvalue weighted by Crippen LogP contribution is 2.29. The van der Waals surface area contributed by atoms with Crippen molar-refractivity contribution >= 4 is 0 Å². The van der Waals surface area contributed by atoms with E-state index in [1.54, 1.807) is 6.92 Å².